The molecule has 0 spiro atoms. The number of nitro benzene ring substituents is 1. The smallest absolute Gasteiger partial charge is 0.273 e. The molecule has 0 aromatic heterocycles. The molecule has 0 aliphatic heterocycles. The van der Waals surface area contributed by atoms with Gasteiger partial charge in [0.2, 0.25) is 5.91 Å². The molecule has 2 N–H and O–H groups in total. The number of rotatable bonds is 8. The van der Waals surface area contributed by atoms with Gasteiger partial charge in [0.15, 0.2) is 5.11 Å². The Kier molecular flexibility index (Phi) is 7.70. The van der Waals surface area contributed by atoms with E-state index in [2.05, 4.69) is 10.6 Å². The van der Waals surface area contributed by atoms with Crippen molar-refractivity contribution in [1.29, 1.82) is 0 Å². The van der Waals surface area contributed by atoms with Crippen LogP contribution in [0.3, 0.4) is 0 Å². The van der Waals surface area contributed by atoms with Crippen LogP contribution in [0.2, 0.25) is 0 Å². The highest BCUT2D eigenvalue weighted by molar-refractivity contribution is 7.80. The Morgan fingerprint density at radius 2 is 1.93 bits per heavy atom. The highest BCUT2D eigenvalue weighted by Crippen LogP contribution is 2.28. The average Bonchev–Trinajstić information content (AvgIpc) is 2.66. The molecule has 2 aromatic carbocycles. The summed E-state index contributed by atoms with van der Waals surface area (Å²) in [5, 5.41) is 16.3. The molecule has 148 valence electrons. The molecule has 28 heavy (non-hydrogen) atoms. The number of benzene rings is 2. The third-order valence-corrected chi connectivity index (χ3v) is 3.94. The molecule has 8 nitrogen and oxygen atoms in total. The summed E-state index contributed by atoms with van der Waals surface area (Å²) in [7, 11) is 1.39. The van der Waals surface area contributed by atoms with Crippen molar-refractivity contribution >= 4 is 34.6 Å². The molecule has 0 atom stereocenters. The van der Waals surface area contributed by atoms with Crippen LogP contribution in [0.4, 0.5) is 11.4 Å². The number of non-ortho nitro benzene ring substituents is 1. The minimum absolute atomic E-state index is 0.0802. The SMILES string of the molecule is COc1cc([N+](=O)[O-])ccc1NC(=S)NC(=O)CCCOc1ccc(C)cc1. The zero-order valence-electron chi connectivity index (χ0n) is 15.6. The van der Waals surface area contributed by atoms with E-state index in [9.17, 15) is 14.9 Å². The fourth-order valence-corrected chi connectivity index (χ4v) is 2.52. The molecule has 0 unspecified atom stereocenters. The van der Waals surface area contributed by atoms with Crippen LogP contribution < -0.4 is 20.1 Å². The maximum atomic E-state index is 12.0. The first-order chi connectivity index (χ1) is 13.4. The van der Waals surface area contributed by atoms with Crippen molar-refractivity contribution in [2.75, 3.05) is 19.0 Å². The summed E-state index contributed by atoms with van der Waals surface area (Å²) in [6.07, 6.45) is 0.772. The van der Waals surface area contributed by atoms with Crippen LogP contribution in [-0.4, -0.2) is 29.7 Å². The molecule has 0 aliphatic carbocycles. The number of amides is 1. The predicted molar refractivity (Wildman–Crippen MR) is 110 cm³/mol. The number of methoxy groups -OCH3 is 1. The molecule has 0 saturated carbocycles. The molecule has 0 radical (unpaired) electrons. The van der Waals surface area contributed by atoms with Crippen molar-refractivity contribution in [1.82, 2.24) is 5.32 Å². The molecule has 2 aromatic rings. The molecule has 0 bridgehead atoms. The van der Waals surface area contributed by atoms with E-state index in [0.717, 1.165) is 11.3 Å². The van der Waals surface area contributed by atoms with Crippen LogP contribution in [-0.2, 0) is 4.79 Å². The molecule has 1 amide bonds. The third kappa shape index (κ3) is 6.51. The van der Waals surface area contributed by atoms with Gasteiger partial charge in [-0.25, -0.2) is 0 Å². The lowest BCUT2D eigenvalue weighted by Gasteiger charge is -2.12. The Morgan fingerprint density at radius 3 is 2.57 bits per heavy atom. The van der Waals surface area contributed by atoms with Crippen LogP contribution >= 0.6 is 12.2 Å². The van der Waals surface area contributed by atoms with E-state index in [1.54, 1.807) is 0 Å². The van der Waals surface area contributed by atoms with E-state index in [-0.39, 0.29) is 28.9 Å². The fourth-order valence-electron chi connectivity index (χ4n) is 2.30. The van der Waals surface area contributed by atoms with E-state index < -0.39 is 4.92 Å². The summed E-state index contributed by atoms with van der Waals surface area (Å²) in [5.41, 5.74) is 1.46. The number of carbonyl (C=O) groups is 1. The van der Waals surface area contributed by atoms with Crippen LogP contribution in [0, 0.1) is 17.0 Å². The van der Waals surface area contributed by atoms with E-state index in [0.29, 0.717) is 18.7 Å². The molecule has 0 saturated heterocycles. The highest BCUT2D eigenvalue weighted by atomic mass is 32.1. The largest absolute Gasteiger partial charge is 0.494 e. The third-order valence-electron chi connectivity index (χ3n) is 3.73. The molecule has 0 fully saturated rings. The van der Waals surface area contributed by atoms with Crippen molar-refractivity contribution < 1.29 is 19.2 Å². The minimum atomic E-state index is -0.523. The number of carbonyl (C=O) groups excluding carboxylic acids is 1. The number of hydrogen-bond acceptors (Lipinski definition) is 6. The van der Waals surface area contributed by atoms with Gasteiger partial charge in [-0.15, -0.1) is 0 Å². The van der Waals surface area contributed by atoms with Gasteiger partial charge in [-0.2, -0.15) is 0 Å². The zero-order valence-corrected chi connectivity index (χ0v) is 16.4. The Morgan fingerprint density at radius 1 is 1.21 bits per heavy atom. The van der Waals surface area contributed by atoms with Gasteiger partial charge in [0, 0.05) is 12.5 Å². The molecular weight excluding hydrogens is 382 g/mol. The zero-order chi connectivity index (χ0) is 20.5. The first-order valence-corrected chi connectivity index (χ1v) is 8.92. The van der Waals surface area contributed by atoms with Gasteiger partial charge in [0.25, 0.3) is 5.69 Å². The van der Waals surface area contributed by atoms with E-state index in [1.807, 2.05) is 31.2 Å². The first-order valence-electron chi connectivity index (χ1n) is 8.52. The second-order valence-electron chi connectivity index (χ2n) is 5.91. The van der Waals surface area contributed by atoms with Crippen LogP contribution in [0.15, 0.2) is 42.5 Å². The predicted octanol–water partition coefficient (Wildman–Crippen LogP) is 3.58. The first kappa shape index (κ1) is 21.1. The Labute approximate surface area is 168 Å². The molecule has 9 heteroatoms. The number of nitrogens with zero attached hydrogens (tertiary/aromatic N) is 1. The summed E-state index contributed by atoms with van der Waals surface area (Å²) >= 11 is 5.11. The molecule has 2 rings (SSSR count). The molecule has 0 aliphatic rings. The lowest BCUT2D eigenvalue weighted by molar-refractivity contribution is -0.384. The number of hydrogen-bond donors (Lipinski definition) is 2. The summed E-state index contributed by atoms with van der Waals surface area (Å²) in [4.78, 5) is 22.3. The quantitative estimate of drug-likeness (QED) is 0.300. The highest BCUT2D eigenvalue weighted by Gasteiger charge is 2.13. The number of aryl methyl sites for hydroxylation is 1. The maximum absolute atomic E-state index is 12.0. The van der Waals surface area contributed by atoms with Gasteiger partial charge in [-0.1, -0.05) is 17.7 Å². The number of nitro groups is 1. The minimum Gasteiger partial charge on any atom is -0.494 e. The Balaban J connectivity index is 1.77. The van der Waals surface area contributed by atoms with Gasteiger partial charge < -0.3 is 20.1 Å². The monoisotopic (exact) mass is 403 g/mol. The van der Waals surface area contributed by atoms with Gasteiger partial charge in [-0.3, -0.25) is 14.9 Å². The fraction of sp³-hybridized carbons (Fsp3) is 0.263. The lowest BCUT2D eigenvalue weighted by atomic mass is 10.2. The normalized spacial score (nSPS) is 10.1. The van der Waals surface area contributed by atoms with E-state index in [1.165, 1.54) is 25.3 Å². The number of ether oxygens (including phenoxy) is 2. The van der Waals surface area contributed by atoms with E-state index >= 15 is 0 Å². The van der Waals surface area contributed by atoms with Crippen molar-refractivity contribution in [2.24, 2.45) is 0 Å². The van der Waals surface area contributed by atoms with Crippen LogP contribution in [0.25, 0.3) is 0 Å². The summed E-state index contributed by atoms with van der Waals surface area (Å²) < 4.78 is 10.7. The maximum Gasteiger partial charge on any atom is 0.273 e. The van der Waals surface area contributed by atoms with Crippen molar-refractivity contribution in [3.05, 3.63) is 58.1 Å². The second kappa shape index (κ2) is 10.2. The van der Waals surface area contributed by atoms with Crippen molar-refractivity contribution in [3.63, 3.8) is 0 Å². The van der Waals surface area contributed by atoms with E-state index in [4.69, 9.17) is 21.7 Å². The van der Waals surface area contributed by atoms with Crippen molar-refractivity contribution in [2.45, 2.75) is 19.8 Å². The molecule has 0 heterocycles. The van der Waals surface area contributed by atoms with Gasteiger partial charge in [0.05, 0.1) is 30.4 Å². The van der Waals surface area contributed by atoms with Crippen molar-refractivity contribution in [3.8, 4) is 11.5 Å². The molecular formula is C19H21N3O5S. The summed E-state index contributed by atoms with van der Waals surface area (Å²) in [5.74, 6) is 0.747. The van der Waals surface area contributed by atoms with Crippen LogP contribution in [0.1, 0.15) is 18.4 Å². The Bertz CT molecular complexity index is 855. The topological polar surface area (TPSA) is 103 Å². The van der Waals surface area contributed by atoms with Gasteiger partial charge in [0.1, 0.15) is 11.5 Å². The van der Waals surface area contributed by atoms with Gasteiger partial charge in [-0.05, 0) is 43.8 Å². The second-order valence-corrected chi connectivity index (χ2v) is 6.32. The average molecular weight is 403 g/mol. The Hall–Kier alpha value is -3.20. The van der Waals surface area contributed by atoms with Crippen LogP contribution in [0.5, 0.6) is 11.5 Å². The number of anilines is 1. The van der Waals surface area contributed by atoms with Gasteiger partial charge >= 0.3 is 0 Å². The standard InChI is InChI=1S/C19H21N3O5S/c1-13-5-8-15(9-6-13)27-11-3-4-18(23)21-19(28)20-16-10-7-14(22(24)25)12-17(16)26-2/h5-10,12H,3-4,11H2,1-2H3,(H2,20,21,23,28). The summed E-state index contributed by atoms with van der Waals surface area (Å²) in [6, 6.07) is 11.7. The number of thiocarbonyl (C=S) groups is 1. The number of nitrogens with one attached hydrogen (secondary N) is 2. The lowest BCUT2D eigenvalue weighted by Crippen LogP contribution is -2.34. The summed E-state index contributed by atoms with van der Waals surface area (Å²) in [6.45, 7) is 2.41.